The quantitative estimate of drug-likeness (QED) is 0.897. The highest BCUT2D eigenvalue weighted by Gasteiger charge is 2.20. The van der Waals surface area contributed by atoms with Gasteiger partial charge in [0.25, 0.3) is 0 Å². The van der Waals surface area contributed by atoms with E-state index in [0.29, 0.717) is 12.0 Å². The molecule has 0 saturated carbocycles. The van der Waals surface area contributed by atoms with E-state index in [0.717, 1.165) is 19.8 Å². The number of aromatic nitrogens is 1. The van der Waals surface area contributed by atoms with Gasteiger partial charge in [0.2, 0.25) is 0 Å². The first-order chi connectivity index (χ1) is 8.16. The molecule has 1 aliphatic rings. The molecule has 0 radical (unpaired) electrons. The van der Waals surface area contributed by atoms with Crippen LogP contribution >= 0.6 is 11.3 Å². The number of aryl methyl sites for hydroxylation is 1. The van der Waals surface area contributed by atoms with E-state index in [1.807, 2.05) is 11.3 Å². The summed E-state index contributed by atoms with van der Waals surface area (Å²) in [5, 5.41) is 4.72. The van der Waals surface area contributed by atoms with Crippen LogP contribution in [0.2, 0.25) is 0 Å². The summed E-state index contributed by atoms with van der Waals surface area (Å²) in [6, 6.07) is 0.526. The molecule has 17 heavy (non-hydrogen) atoms. The molecule has 1 unspecified atom stereocenters. The van der Waals surface area contributed by atoms with Crippen molar-refractivity contribution < 1.29 is 4.74 Å². The summed E-state index contributed by atoms with van der Waals surface area (Å²) in [6.45, 7) is 9.17. The smallest absolute Gasteiger partial charge is 0.0985 e. The first-order valence-electron chi connectivity index (χ1n) is 6.44. The lowest BCUT2D eigenvalue weighted by atomic mass is 10.0. The summed E-state index contributed by atoms with van der Waals surface area (Å²) >= 11 is 1.85. The Hall–Kier alpha value is -0.450. The maximum Gasteiger partial charge on any atom is 0.0985 e. The molecular formula is C13H22N2OS. The number of thiazole rings is 1. The second kappa shape index (κ2) is 5.94. The summed E-state index contributed by atoms with van der Waals surface area (Å²) in [5.74, 6) is 0.528. The molecule has 0 spiro atoms. The van der Waals surface area contributed by atoms with Gasteiger partial charge in [-0.25, -0.2) is 4.98 Å². The molecule has 1 N–H and O–H groups in total. The highest BCUT2D eigenvalue weighted by atomic mass is 32.1. The molecule has 2 heterocycles. The summed E-state index contributed by atoms with van der Waals surface area (Å²) < 4.78 is 5.53. The molecule has 1 atom stereocenters. The zero-order valence-electron chi connectivity index (χ0n) is 11.0. The van der Waals surface area contributed by atoms with Gasteiger partial charge in [-0.1, -0.05) is 13.8 Å². The average molecular weight is 254 g/mol. The second-order valence-electron chi connectivity index (χ2n) is 5.01. The summed E-state index contributed by atoms with van der Waals surface area (Å²) in [5.41, 5.74) is 1.18. The monoisotopic (exact) mass is 254 g/mol. The molecule has 3 nitrogen and oxygen atoms in total. The standard InChI is InChI=1S/C13H22N2OS/c1-9(2)14-7-12-10(3)15-13(17-12)11-5-4-6-16-8-11/h9,11,14H,4-8H2,1-3H3. The zero-order chi connectivity index (χ0) is 12.3. The molecule has 0 aromatic carbocycles. The largest absolute Gasteiger partial charge is 0.381 e. The Balaban J connectivity index is 2.01. The molecule has 0 amide bonds. The van der Waals surface area contributed by atoms with Gasteiger partial charge in [0.05, 0.1) is 17.3 Å². The topological polar surface area (TPSA) is 34.1 Å². The maximum atomic E-state index is 5.53. The van der Waals surface area contributed by atoms with Crippen LogP contribution in [0, 0.1) is 6.92 Å². The van der Waals surface area contributed by atoms with Crippen molar-refractivity contribution in [3.05, 3.63) is 15.6 Å². The number of nitrogens with one attached hydrogen (secondary N) is 1. The summed E-state index contributed by atoms with van der Waals surface area (Å²) in [4.78, 5) is 6.09. The minimum atomic E-state index is 0.526. The fraction of sp³-hybridized carbons (Fsp3) is 0.769. The van der Waals surface area contributed by atoms with Gasteiger partial charge < -0.3 is 10.1 Å². The predicted molar refractivity (Wildman–Crippen MR) is 71.6 cm³/mol. The van der Waals surface area contributed by atoms with E-state index >= 15 is 0 Å². The molecule has 96 valence electrons. The lowest BCUT2D eigenvalue weighted by Crippen LogP contribution is -2.21. The lowest BCUT2D eigenvalue weighted by molar-refractivity contribution is 0.0803. The number of nitrogens with zero attached hydrogens (tertiary/aromatic N) is 1. The van der Waals surface area contributed by atoms with E-state index in [4.69, 9.17) is 9.72 Å². The Labute approximate surface area is 108 Å². The van der Waals surface area contributed by atoms with Crippen molar-refractivity contribution in [1.82, 2.24) is 10.3 Å². The summed E-state index contributed by atoms with van der Waals surface area (Å²) in [7, 11) is 0. The first kappa shape index (κ1) is 13.0. The minimum Gasteiger partial charge on any atom is -0.381 e. The molecular weight excluding hydrogens is 232 g/mol. The van der Waals surface area contributed by atoms with Crippen molar-refractivity contribution in [3.63, 3.8) is 0 Å². The van der Waals surface area contributed by atoms with Gasteiger partial charge in [-0.15, -0.1) is 11.3 Å². The van der Waals surface area contributed by atoms with Crippen LogP contribution in [0.4, 0.5) is 0 Å². The molecule has 2 rings (SSSR count). The highest BCUT2D eigenvalue weighted by Crippen LogP contribution is 2.30. The van der Waals surface area contributed by atoms with E-state index < -0.39 is 0 Å². The van der Waals surface area contributed by atoms with Gasteiger partial charge in [0.15, 0.2) is 0 Å². The lowest BCUT2D eigenvalue weighted by Gasteiger charge is -2.19. The fourth-order valence-electron chi connectivity index (χ4n) is 2.02. The van der Waals surface area contributed by atoms with Crippen LogP contribution < -0.4 is 5.32 Å². The third kappa shape index (κ3) is 3.50. The molecule has 4 heteroatoms. The third-order valence-corrected chi connectivity index (χ3v) is 4.41. The molecule has 1 saturated heterocycles. The highest BCUT2D eigenvalue weighted by molar-refractivity contribution is 7.11. The zero-order valence-corrected chi connectivity index (χ0v) is 11.8. The van der Waals surface area contributed by atoms with Crippen LogP contribution in [0.3, 0.4) is 0 Å². The Morgan fingerprint density at radius 3 is 3.00 bits per heavy atom. The average Bonchev–Trinajstić information content (AvgIpc) is 2.69. The SMILES string of the molecule is Cc1nc(C2CCCOC2)sc1CNC(C)C. The number of ether oxygens (including phenoxy) is 1. The van der Waals surface area contributed by atoms with Crippen LogP contribution in [0.25, 0.3) is 0 Å². The van der Waals surface area contributed by atoms with Crippen molar-refractivity contribution >= 4 is 11.3 Å². The van der Waals surface area contributed by atoms with Crippen LogP contribution in [-0.2, 0) is 11.3 Å². The maximum absolute atomic E-state index is 5.53. The van der Waals surface area contributed by atoms with E-state index in [-0.39, 0.29) is 0 Å². The molecule has 0 bridgehead atoms. The number of rotatable bonds is 4. The molecule has 1 aliphatic heterocycles. The van der Waals surface area contributed by atoms with E-state index in [9.17, 15) is 0 Å². The Morgan fingerprint density at radius 2 is 2.35 bits per heavy atom. The number of hydrogen-bond acceptors (Lipinski definition) is 4. The Morgan fingerprint density at radius 1 is 1.53 bits per heavy atom. The Bertz CT molecular complexity index is 356. The van der Waals surface area contributed by atoms with E-state index in [2.05, 4.69) is 26.1 Å². The van der Waals surface area contributed by atoms with Crippen LogP contribution in [0.15, 0.2) is 0 Å². The van der Waals surface area contributed by atoms with Crippen molar-refractivity contribution in [2.24, 2.45) is 0 Å². The van der Waals surface area contributed by atoms with Gasteiger partial charge >= 0.3 is 0 Å². The number of hydrogen-bond donors (Lipinski definition) is 1. The second-order valence-corrected chi connectivity index (χ2v) is 6.13. The molecule has 1 aromatic heterocycles. The van der Waals surface area contributed by atoms with E-state index in [1.165, 1.54) is 28.4 Å². The van der Waals surface area contributed by atoms with Gasteiger partial charge in [0.1, 0.15) is 0 Å². The van der Waals surface area contributed by atoms with Crippen LogP contribution in [-0.4, -0.2) is 24.2 Å². The van der Waals surface area contributed by atoms with Crippen molar-refractivity contribution in [2.75, 3.05) is 13.2 Å². The van der Waals surface area contributed by atoms with Crippen molar-refractivity contribution in [2.45, 2.75) is 52.1 Å². The van der Waals surface area contributed by atoms with Crippen molar-refractivity contribution in [3.8, 4) is 0 Å². The van der Waals surface area contributed by atoms with Gasteiger partial charge in [0, 0.05) is 30.0 Å². The predicted octanol–water partition coefficient (Wildman–Crippen LogP) is 2.84. The fourth-order valence-corrected chi connectivity index (χ4v) is 3.16. The minimum absolute atomic E-state index is 0.526. The Kier molecular flexibility index (Phi) is 4.54. The third-order valence-electron chi connectivity index (χ3n) is 3.09. The van der Waals surface area contributed by atoms with Gasteiger partial charge in [-0.3, -0.25) is 0 Å². The normalized spacial score (nSPS) is 21.1. The van der Waals surface area contributed by atoms with Crippen LogP contribution in [0.5, 0.6) is 0 Å². The first-order valence-corrected chi connectivity index (χ1v) is 7.25. The van der Waals surface area contributed by atoms with Gasteiger partial charge in [-0.2, -0.15) is 0 Å². The van der Waals surface area contributed by atoms with E-state index in [1.54, 1.807) is 0 Å². The van der Waals surface area contributed by atoms with Crippen molar-refractivity contribution in [1.29, 1.82) is 0 Å². The molecule has 0 aliphatic carbocycles. The van der Waals surface area contributed by atoms with Gasteiger partial charge in [-0.05, 0) is 19.8 Å². The molecule has 1 fully saturated rings. The van der Waals surface area contributed by atoms with Crippen LogP contribution in [0.1, 0.15) is 48.2 Å². The summed E-state index contributed by atoms with van der Waals surface area (Å²) in [6.07, 6.45) is 2.40. The molecule has 1 aromatic rings.